The van der Waals surface area contributed by atoms with Crippen LogP contribution in [-0.4, -0.2) is 62.5 Å². The summed E-state index contributed by atoms with van der Waals surface area (Å²) in [5.41, 5.74) is 0.690. The van der Waals surface area contributed by atoms with Gasteiger partial charge in [-0.1, -0.05) is 43.5 Å². The molecule has 10 nitrogen and oxygen atoms in total. The minimum atomic E-state index is -3.78. The highest BCUT2D eigenvalue weighted by atomic mass is 32.2. The summed E-state index contributed by atoms with van der Waals surface area (Å²) in [5, 5.41) is 9.57. The van der Waals surface area contributed by atoms with E-state index in [1.165, 1.54) is 25.1 Å². The number of rotatable bonds is 17. The molecule has 0 aliphatic carbocycles. The standard InChI is InChI=1S/C30H36O10S/c1-19(2)28(33)40-30(35)24(7-6-15-38-29(34)21(4)10-11-25-18-39-25)17-23(22(5)27(31)32)14-16-41(36,37)26-12-8-20(3)9-13-26/h8-9,12-13,17,23,25H,1,4-7,10-11,14-16,18H2,2-3H3,(H,31,32). The van der Waals surface area contributed by atoms with Crippen molar-refractivity contribution in [1.29, 1.82) is 0 Å². The Morgan fingerprint density at radius 2 is 1.71 bits per heavy atom. The number of ether oxygens (including phenoxy) is 3. The second-order valence-corrected chi connectivity index (χ2v) is 12.0. The van der Waals surface area contributed by atoms with E-state index in [4.69, 9.17) is 14.2 Å². The van der Waals surface area contributed by atoms with Crippen LogP contribution in [0.2, 0.25) is 0 Å². The fourth-order valence-electron chi connectivity index (χ4n) is 3.60. The molecule has 1 saturated heterocycles. The van der Waals surface area contributed by atoms with E-state index in [2.05, 4.69) is 19.7 Å². The van der Waals surface area contributed by atoms with Gasteiger partial charge in [-0.15, -0.1) is 0 Å². The number of carbonyl (C=O) groups is 4. The molecule has 1 aromatic rings. The van der Waals surface area contributed by atoms with Crippen LogP contribution in [0.25, 0.3) is 0 Å². The molecule has 2 atom stereocenters. The molecule has 1 aromatic carbocycles. The Morgan fingerprint density at radius 1 is 1.07 bits per heavy atom. The smallest absolute Gasteiger partial charge is 0.341 e. The molecular formula is C30H36O10S. The van der Waals surface area contributed by atoms with Crippen LogP contribution in [0.3, 0.4) is 0 Å². The Hall–Kier alpha value is -3.83. The van der Waals surface area contributed by atoms with Crippen LogP contribution >= 0.6 is 0 Å². The van der Waals surface area contributed by atoms with E-state index in [9.17, 15) is 32.7 Å². The molecule has 11 heteroatoms. The van der Waals surface area contributed by atoms with Gasteiger partial charge >= 0.3 is 23.9 Å². The summed E-state index contributed by atoms with van der Waals surface area (Å²) in [6.07, 6.45) is 2.33. The van der Waals surface area contributed by atoms with E-state index in [-0.39, 0.29) is 59.2 Å². The van der Waals surface area contributed by atoms with Gasteiger partial charge in [-0.3, -0.25) is 0 Å². The van der Waals surface area contributed by atoms with Gasteiger partial charge in [-0.2, -0.15) is 0 Å². The number of epoxide rings is 1. The summed E-state index contributed by atoms with van der Waals surface area (Å²) in [6, 6.07) is 6.22. The zero-order valence-corrected chi connectivity index (χ0v) is 24.2. The number of aliphatic carboxylic acids is 1. The SMILES string of the molecule is C=C(C)C(=O)OC(=O)C(=CC(CCS(=O)(=O)c1ccc(C)cc1)C(=C)C(=O)O)CCCOC(=O)C(=C)CCC1CO1. The van der Waals surface area contributed by atoms with Gasteiger partial charge in [-0.05, 0) is 58.1 Å². The monoisotopic (exact) mass is 588 g/mol. The van der Waals surface area contributed by atoms with Crippen LogP contribution in [0.5, 0.6) is 0 Å². The second kappa shape index (κ2) is 15.2. The number of carboxylic acid groups (broad SMARTS) is 1. The van der Waals surface area contributed by atoms with Crippen molar-refractivity contribution < 1.29 is 46.9 Å². The molecule has 0 bridgehead atoms. The van der Waals surface area contributed by atoms with Crippen molar-refractivity contribution in [2.75, 3.05) is 19.0 Å². The number of benzene rings is 1. The second-order valence-electron chi connectivity index (χ2n) is 9.84. The topological polar surface area (TPSA) is 154 Å². The lowest BCUT2D eigenvalue weighted by Gasteiger charge is -2.16. The first kappa shape index (κ1) is 33.4. The Morgan fingerprint density at radius 3 is 2.27 bits per heavy atom. The maximum atomic E-state index is 12.9. The molecule has 1 aliphatic rings. The van der Waals surface area contributed by atoms with Crippen LogP contribution in [0.15, 0.2) is 77.3 Å². The molecule has 1 N–H and O–H groups in total. The number of carbonyl (C=O) groups excluding carboxylic acids is 3. The van der Waals surface area contributed by atoms with Crippen molar-refractivity contribution >= 4 is 33.7 Å². The first-order chi connectivity index (χ1) is 19.2. The maximum Gasteiger partial charge on any atom is 0.341 e. The lowest BCUT2D eigenvalue weighted by molar-refractivity contribution is -0.154. The van der Waals surface area contributed by atoms with Gasteiger partial charge in [0.25, 0.3) is 0 Å². The van der Waals surface area contributed by atoms with E-state index in [1.807, 2.05) is 6.92 Å². The number of hydrogen-bond donors (Lipinski definition) is 1. The molecule has 41 heavy (non-hydrogen) atoms. The molecule has 2 unspecified atom stereocenters. The molecule has 222 valence electrons. The summed E-state index contributed by atoms with van der Waals surface area (Å²) < 4.78 is 40.9. The number of aryl methyl sites for hydroxylation is 1. The van der Waals surface area contributed by atoms with Gasteiger partial charge in [-0.25, -0.2) is 27.6 Å². The highest BCUT2D eigenvalue weighted by molar-refractivity contribution is 7.91. The fraction of sp³-hybridized carbons (Fsp3) is 0.400. The summed E-state index contributed by atoms with van der Waals surface area (Å²) in [5.74, 6) is -5.51. The predicted octanol–water partition coefficient (Wildman–Crippen LogP) is 4.05. The Kier molecular flexibility index (Phi) is 12.4. The Bertz CT molecular complexity index is 1330. The first-order valence-corrected chi connectivity index (χ1v) is 14.7. The molecule has 2 rings (SSSR count). The maximum absolute atomic E-state index is 12.9. The number of sulfone groups is 1. The molecular weight excluding hydrogens is 552 g/mol. The van der Waals surface area contributed by atoms with E-state index < -0.39 is 45.4 Å². The average molecular weight is 589 g/mol. The summed E-state index contributed by atoms with van der Waals surface area (Å²) in [6.45, 7) is 14.4. The largest absolute Gasteiger partial charge is 0.478 e. The van der Waals surface area contributed by atoms with Gasteiger partial charge in [0.2, 0.25) is 0 Å². The Labute approximate surface area is 240 Å². The first-order valence-electron chi connectivity index (χ1n) is 13.0. The summed E-state index contributed by atoms with van der Waals surface area (Å²) in [7, 11) is -3.78. The van der Waals surface area contributed by atoms with Crippen molar-refractivity contribution in [1.82, 2.24) is 0 Å². The minimum absolute atomic E-state index is 0.0302. The molecule has 1 fully saturated rings. The highest BCUT2D eigenvalue weighted by Gasteiger charge is 2.26. The quantitative estimate of drug-likeness (QED) is 0.0927. The molecule has 0 radical (unpaired) electrons. The van der Waals surface area contributed by atoms with Crippen LogP contribution < -0.4 is 0 Å². The van der Waals surface area contributed by atoms with Gasteiger partial charge in [0, 0.05) is 28.2 Å². The lowest BCUT2D eigenvalue weighted by atomic mass is 9.93. The molecule has 0 amide bonds. The number of allylic oxidation sites excluding steroid dienone is 1. The van der Waals surface area contributed by atoms with Crippen molar-refractivity contribution in [3.05, 3.63) is 77.9 Å². The summed E-state index contributed by atoms with van der Waals surface area (Å²) >= 11 is 0. The third kappa shape index (κ3) is 11.3. The highest BCUT2D eigenvalue weighted by Crippen LogP contribution is 2.24. The van der Waals surface area contributed by atoms with Crippen LogP contribution in [0.4, 0.5) is 0 Å². The number of carboxylic acids is 1. The third-order valence-electron chi connectivity index (χ3n) is 6.28. The van der Waals surface area contributed by atoms with Crippen LogP contribution in [0.1, 0.15) is 44.6 Å². The zero-order chi connectivity index (χ0) is 30.7. The van der Waals surface area contributed by atoms with Crippen LogP contribution in [-0.2, 0) is 43.2 Å². The number of esters is 3. The van der Waals surface area contributed by atoms with E-state index in [0.29, 0.717) is 19.4 Å². The molecule has 0 aromatic heterocycles. The molecule has 1 heterocycles. The lowest BCUT2D eigenvalue weighted by Crippen LogP contribution is -2.19. The van der Waals surface area contributed by atoms with Gasteiger partial charge in [0.15, 0.2) is 9.84 Å². The van der Waals surface area contributed by atoms with E-state index in [1.54, 1.807) is 12.1 Å². The molecule has 0 saturated carbocycles. The zero-order valence-electron chi connectivity index (χ0n) is 23.3. The van der Waals surface area contributed by atoms with E-state index in [0.717, 1.165) is 5.56 Å². The predicted molar refractivity (Wildman–Crippen MR) is 150 cm³/mol. The molecule has 0 spiro atoms. The molecule has 1 aliphatic heterocycles. The van der Waals surface area contributed by atoms with Crippen molar-refractivity contribution in [3.8, 4) is 0 Å². The van der Waals surface area contributed by atoms with E-state index >= 15 is 0 Å². The summed E-state index contributed by atoms with van der Waals surface area (Å²) in [4.78, 5) is 48.8. The van der Waals surface area contributed by atoms with Crippen molar-refractivity contribution in [2.45, 2.75) is 57.0 Å². The average Bonchev–Trinajstić information content (AvgIpc) is 3.74. The van der Waals surface area contributed by atoms with Crippen LogP contribution in [0, 0.1) is 12.8 Å². The van der Waals surface area contributed by atoms with Crippen molar-refractivity contribution in [2.24, 2.45) is 5.92 Å². The van der Waals surface area contributed by atoms with Crippen molar-refractivity contribution in [3.63, 3.8) is 0 Å². The minimum Gasteiger partial charge on any atom is -0.478 e. The normalized spacial score (nSPS) is 15.4. The van der Waals surface area contributed by atoms with Gasteiger partial charge in [0.05, 0.1) is 30.0 Å². The number of hydrogen-bond acceptors (Lipinski definition) is 9. The van der Waals surface area contributed by atoms with Gasteiger partial charge < -0.3 is 19.3 Å². The fourth-order valence-corrected chi connectivity index (χ4v) is 4.95. The third-order valence-corrected chi connectivity index (χ3v) is 8.04. The van der Waals surface area contributed by atoms with Gasteiger partial charge in [0.1, 0.15) is 0 Å². The Balaban J connectivity index is 2.18.